The summed E-state index contributed by atoms with van der Waals surface area (Å²) in [6.07, 6.45) is 4.33. The molecular formula is C16H33N3O. The Morgan fingerprint density at radius 3 is 2.45 bits per heavy atom. The van der Waals surface area contributed by atoms with E-state index in [1.165, 1.54) is 6.42 Å². The molecule has 1 amide bonds. The first-order valence-corrected chi connectivity index (χ1v) is 8.19. The van der Waals surface area contributed by atoms with Crippen molar-refractivity contribution in [1.29, 1.82) is 0 Å². The Balaban J connectivity index is 2.32. The number of carbonyl (C=O) groups excluding carboxylic acids is 1. The molecule has 0 radical (unpaired) electrons. The molecule has 2 unspecified atom stereocenters. The number of amides is 1. The van der Waals surface area contributed by atoms with Crippen molar-refractivity contribution in [3.05, 3.63) is 0 Å². The fourth-order valence-electron chi connectivity index (χ4n) is 3.31. The Kier molecular flexibility index (Phi) is 7.52. The van der Waals surface area contributed by atoms with Crippen LogP contribution in [0, 0.1) is 11.8 Å². The molecule has 0 aromatic rings. The molecule has 118 valence electrons. The van der Waals surface area contributed by atoms with E-state index in [0.29, 0.717) is 18.0 Å². The van der Waals surface area contributed by atoms with Crippen LogP contribution in [-0.2, 0) is 4.79 Å². The third-order valence-electron chi connectivity index (χ3n) is 4.48. The summed E-state index contributed by atoms with van der Waals surface area (Å²) in [6, 6.07) is 1.03. The standard InChI is InChI=1S/C16H33N3O/c1-12(2)19(13(3)4)9-8-18-16(20)15-7-5-6-14(10-15)11-17/h12-15H,5-11,17H2,1-4H3,(H,18,20). The van der Waals surface area contributed by atoms with Crippen molar-refractivity contribution in [3.8, 4) is 0 Å². The van der Waals surface area contributed by atoms with E-state index in [2.05, 4.69) is 37.9 Å². The zero-order chi connectivity index (χ0) is 15.1. The molecule has 1 fully saturated rings. The molecule has 2 atom stereocenters. The highest BCUT2D eigenvalue weighted by molar-refractivity contribution is 5.78. The number of nitrogens with one attached hydrogen (secondary N) is 1. The summed E-state index contributed by atoms with van der Waals surface area (Å²) in [5, 5.41) is 3.12. The molecule has 1 aliphatic carbocycles. The van der Waals surface area contributed by atoms with Gasteiger partial charge in [0.2, 0.25) is 5.91 Å². The van der Waals surface area contributed by atoms with Crippen molar-refractivity contribution < 1.29 is 4.79 Å². The molecule has 0 saturated heterocycles. The van der Waals surface area contributed by atoms with Crippen LogP contribution in [0.25, 0.3) is 0 Å². The van der Waals surface area contributed by atoms with Gasteiger partial charge in [0.15, 0.2) is 0 Å². The van der Waals surface area contributed by atoms with Gasteiger partial charge in [-0.3, -0.25) is 9.69 Å². The molecule has 1 saturated carbocycles. The minimum absolute atomic E-state index is 0.184. The molecule has 4 heteroatoms. The van der Waals surface area contributed by atoms with E-state index in [1.54, 1.807) is 0 Å². The van der Waals surface area contributed by atoms with Gasteiger partial charge in [0.05, 0.1) is 0 Å². The second-order valence-corrected chi connectivity index (χ2v) is 6.68. The highest BCUT2D eigenvalue weighted by atomic mass is 16.1. The minimum atomic E-state index is 0.184. The van der Waals surface area contributed by atoms with E-state index in [1.807, 2.05) is 0 Å². The van der Waals surface area contributed by atoms with E-state index >= 15 is 0 Å². The predicted molar refractivity (Wildman–Crippen MR) is 84.5 cm³/mol. The van der Waals surface area contributed by atoms with Crippen LogP contribution in [-0.4, -0.2) is 42.5 Å². The maximum absolute atomic E-state index is 12.2. The lowest BCUT2D eigenvalue weighted by Crippen LogP contribution is -2.44. The first-order chi connectivity index (χ1) is 9.45. The normalized spacial score (nSPS) is 23.6. The molecule has 1 rings (SSSR count). The fourth-order valence-corrected chi connectivity index (χ4v) is 3.31. The lowest BCUT2D eigenvalue weighted by atomic mass is 9.81. The number of carbonyl (C=O) groups is 1. The molecule has 20 heavy (non-hydrogen) atoms. The molecule has 1 aliphatic rings. The molecule has 0 aromatic carbocycles. The van der Waals surface area contributed by atoms with Crippen molar-refractivity contribution >= 4 is 5.91 Å². The molecular weight excluding hydrogens is 250 g/mol. The van der Waals surface area contributed by atoms with Crippen LogP contribution < -0.4 is 11.1 Å². The zero-order valence-corrected chi connectivity index (χ0v) is 13.7. The van der Waals surface area contributed by atoms with Crippen molar-refractivity contribution in [2.24, 2.45) is 17.6 Å². The summed E-state index contributed by atoms with van der Waals surface area (Å²) < 4.78 is 0. The van der Waals surface area contributed by atoms with Gasteiger partial charge in [-0.25, -0.2) is 0 Å². The average Bonchev–Trinajstić information content (AvgIpc) is 2.42. The first-order valence-electron chi connectivity index (χ1n) is 8.19. The van der Waals surface area contributed by atoms with Gasteiger partial charge < -0.3 is 11.1 Å². The lowest BCUT2D eigenvalue weighted by Gasteiger charge is -2.31. The summed E-state index contributed by atoms with van der Waals surface area (Å²) >= 11 is 0. The van der Waals surface area contributed by atoms with Crippen molar-refractivity contribution in [3.63, 3.8) is 0 Å². The fraction of sp³-hybridized carbons (Fsp3) is 0.938. The van der Waals surface area contributed by atoms with Crippen molar-refractivity contribution in [2.75, 3.05) is 19.6 Å². The monoisotopic (exact) mass is 283 g/mol. The Hall–Kier alpha value is -0.610. The predicted octanol–water partition coefficient (Wildman–Crippen LogP) is 1.99. The number of hydrogen-bond acceptors (Lipinski definition) is 3. The van der Waals surface area contributed by atoms with Crippen LogP contribution in [0.2, 0.25) is 0 Å². The number of rotatable bonds is 7. The smallest absolute Gasteiger partial charge is 0.223 e. The summed E-state index contributed by atoms with van der Waals surface area (Å²) in [7, 11) is 0. The lowest BCUT2D eigenvalue weighted by molar-refractivity contribution is -0.126. The second kappa shape index (κ2) is 8.63. The molecule has 0 aliphatic heterocycles. The van der Waals surface area contributed by atoms with Crippen LogP contribution in [0.5, 0.6) is 0 Å². The Labute approximate surface area is 124 Å². The number of hydrogen-bond donors (Lipinski definition) is 2. The summed E-state index contributed by atoms with van der Waals surface area (Å²) in [5.74, 6) is 0.960. The van der Waals surface area contributed by atoms with Crippen LogP contribution in [0.1, 0.15) is 53.4 Å². The molecule has 0 spiro atoms. The van der Waals surface area contributed by atoms with Gasteiger partial charge in [-0.05, 0) is 59.4 Å². The largest absolute Gasteiger partial charge is 0.355 e. The molecule has 3 N–H and O–H groups in total. The van der Waals surface area contributed by atoms with E-state index in [9.17, 15) is 4.79 Å². The third-order valence-corrected chi connectivity index (χ3v) is 4.48. The van der Waals surface area contributed by atoms with Crippen molar-refractivity contribution in [2.45, 2.75) is 65.5 Å². The molecule has 0 aromatic heterocycles. The highest BCUT2D eigenvalue weighted by Gasteiger charge is 2.26. The average molecular weight is 283 g/mol. The Bertz CT molecular complexity index is 283. The van der Waals surface area contributed by atoms with Crippen LogP contribution in [0.3, 0.4) is 0 Å². The van der Waals surface area contributed by atoms with Crippen LogP contribution in [0.4, 0.5) is 0 Å². The van der Waals surface area contributed by atoms with E-state index in [4.69, 9.17) is 5.73 Å². The zero-order valence-electron chi connectivity index (χ0n) is 13.7. The SMILES string of the molecule is CC(C)N(CCNC(=O)C1CCCC(CN)C1)C(C)C. The summed E-state index contributed by atoms with van der Waals surface area (Å²) in [6.45, 7) is 11.2. The quantitative estimate of drug-likeness (QED) is 0.751. The Morgan fingerprint density at radius 2 is 1.90 bits per heavy atom. The van der Waals surface area contributed by atoms with Crippen LogP contribution >= 0.6 is 0 Å². The van der Waals surface area contributed by atoms with Gasteiger partial charge in [-0.1, -0.05) is 6.42 Å². The van der Waals surface area contributed by atoms with Gasteiger partial charge in [0, 0.05) is 31.1 Å². The first kappa shape index (κ1) is 17.4. The molecule has 0 heterocycles. The van der Waals surface area contributed by atoms with Gasteiger partial charge in [0.25, 0.3) is 0 Å². The minimum Gasteiger partial charge on any atom is -0.355 e. The van der Waals surface area contributed by atoms with E-state index in [0.717, 1.165) is 38.9 Å². The van der Waals surface area contributed by atoms with Crippen molar-refractivity contribution in [1.82, 2.24) is 10.2 Å². The van der Waals surface area contributed by atoms with E-state index in [-0.39, 0.29) is 11.8 Å². The number of nitrogens with zero attached hydrogens (tertiary/aromatic N) is 1. The second-order valence-electron chi connectivity index (χ2n) is 6.68. The third kappa shape index (κ3) is 5.41. The Morgan fingerprint density at radius 1 is 1.25 bits per heavy atom. The summed E-state index contributed by atoms with van der Waals surface area (Å²) in [4.78, 5) is 14.6. The van der Waals surface area contributed by atoms with E-state index < -0.39 is 0 Å². The van der Waals surface area contributed by atoms with Gasteiger partial charge in [-0.2, -0.15) is 0 Å². The maximum atomic E-state index is 12.2. The topological polar surface area (TPSA) is 58.4 Å². The maximum Gasteiger partial charge on any atom is 0.223 e. The summed E-state index contributed by atoms with van der Waals surface area (Å²) in [5.41, 5.74) is 5.73. The van der Waals surface area contributed by atoms with Gasteiger partial charge in [-0.15, -0.1) is 0 Å². The van der Waals surface area contributed by atoms with Crippen LogP contribution in [0.15, 0.2) is 0 Å². The molecule has 0 bridgehead atoms. The van der Waals surface area contributed by atoms with Gasteiger partial charge >= 0.3 is 0 Å². The van der Waals surface area contributed by atoms with Gasteiger partial charge in [0.1, 0.15) is 0 Å². The number of nitrogens with two attached hydrogens (primary N) is 1. The highest BCUT2D eigenvalue weighted by Crippen LogP contribution is 2.28. The molecule has 4 nitrogen and oxygen atoms in total.